The molecule has 2 rings (SSSR count). The molecule has 0 fully saturated rings. The maximum atomic E-state index is 10.5. The standard InChI is InChI=1S/C9H8N4O2/c14-9(15)8-5-11-13(12-8)6-7-1-3-10-4-2-7/h1-5H,6H2,(H,14,15). The molecule has 15 heavy (non-hydrogen) atoms. The summed E-state index contributed by atoms with van der Waals surface area (Å²) in [4.78, 5) is 15.7. The lowest BCUT2D eigenvalue weighted by Crippen LogP contribution is -2.05. The van der Waals surface area contributed by atoms with Crippen LogP contribution >= 0.6 is 0 Å². The molecule has 0 radical (unpaired) electrons. The summed E-state index contributed by atoms with van der Waals surface area (Å²) in [5.41, 5.74) is 0.918. The maximum absolute atomic E-state index is 10.5. The first-order valence-corrected chi connectivity index (χ1v) is 4.28. The monoisotopic (exact) mass is 204 g/mol. The number of hydrogen-bond donors (Lipinski definition) is 1. The van der Waals surface area contributed by atoms with E-state index in [1.165, 1.54) is 11.0 Å². The minimum atomic E-state index is -1.07. The zero-order valence-corrected chi connectivity index (χ0v) is 7.74. The third-order valence-corrected chi connectivity index (χ3v) is 1.83. The second-order valence-electron chi connectivity index (χ2n) is 2.92. The van der Waals surface area contributed by atoms with Crippen LogP contribution in [-0.2, 0) is 6.54 Å². The van der Waals surface area contributed by atoms with Crippen molar-refractivity contribution in [2.45, 2.75) is 6.54 Å². The van der Waals surface area contributed by atoms with Crippen LogP contribution in [0.4, 0.5) is 0 Å². The second kappa shape index (κ2) is 3.87. The third-order valence-electron chi connectivity index (χ3n) is 1.83. The number of carboxylic acids is 1. The molecule has 0 atom stereocenters. The van der Waals surface area contributed by atoms with Gasteiger partial charge < -0.3 is 5.11 Å². The van der Waals surface area contributed by atoms with Crippen LogP contribution in [0.25, 0.3) is 0 Å². The fourth-order valence-corrected chi connectivity index (χ4v) is 1.12. The van der Waals surface area contributed by atoms with Gasteiger partial charge in [0.1, 0.15) is 0 Å². The van der Waals surface area contributed by atoms with Gasteiger partial charge in [0, 0.05) is 12.4 Å². The van der Waals surface area contributed by atoms with E-state index >= 15 is 0 Å². The van der Waals surface area contributed by atoms with Gasteiger partial charge in [0.15, 0.2) is 5.69 Å². The molecule has 2 aromatic heterocycles. The van der Waals surface area contributed by atoms with Crippen LogP contribution in [-0.4, -0.2) is 31.1 Å². The Kier molecular flexibility index (Phi) is 2.40. The molecule has 0 saturated heterocycles. The molecule has 0 amide bonds. The van der Waals surface area contributed by atoms with Gasteiger partial charge in [0.25, 0.3) is 0 Å². The van der Waals surface area contributed by atoms with Crippen LogP contribution in [0, 0.1) is 0 Å². The van der Waals surface area contributed by atoms with Gasteiger partial charge in [-0.25, -0.2) is 4.79 Å². The Hall–Kier alpha value is -2.24. The molecule has 0 aromatic carbocycles. The number of hydrogen-bond acceptors (Lipinski definition) is 4. The van der Waals surface area contributed by atoms with Crippen LogP contribution in [0.5, 0.6) is 0 Å². The molecule has 0 bridgehead atoms. The average Bonchev–Trinajstić information content (AvgIpc) is 2.68. The summed E-state index contributed by atoms with van der Waals surface area (Å²) >= 11 is 0. The van der Waals surface area contributed by atoms with E-state index in [0.717, 1.165) is 5.56 Å². The molecule has 0 saturated carbocycles. The molecule has 76 valence electrons. The smallest absolute Gasteiger partial charge is 0.358 e. The number of carboxylic acid groups (broad SMARTS) is 1. The van der Waals surface area contributed by atoms with Gasteiger partial charge in [-0.3, -0.25) is 4.98 Å². The van der Waals surface area contributed by atoms with Crippen LogP contribution in [0.3, 0.4) is 0 Å². The van der Waals surface area contributed by atoms with E-state index in [2.05, 4.69) is 15.2 Å². The van der Waals surface area contributed by atoms with E-state index in [0.29, 0.717) is 6.54 Å². The summed E-state index contributed by atoms with van der Waals surface area (Å²) in [7, 11) is 0. The van der Waals surface area contributed by atoms with Crippen molar-refractivity contribution in [3.63, 3.8) is 0 Å². The van der Waals surface area contributed by atoms with Crippen molar-refractivity contribution in [2.75, 3.05) is 0 Å². The molecule has 2 aromatic rings. The largest absolute Gasteiger partial charge is 0.476 e. The highest BCUT2D eigenvalue weighted by Gasteiger charge is 2.07. The maximum Gasteiger partial charge on any atom is 0.358 e. The van der Waals surface area contributed by atoms with Crippen molar-refractivity contribution < 1.29 is 9.90 Å². The first-order valence-electron chi connectivity index (χ1n) is 4.28. The van der Waals surface area contributed by atoms with Crippen molar-refractivity contribution in [3.8, 4) is 0 Å². The van der Waals surface area contributed by atoms with E-state index in [-0.39, 0.29) is 5.69 Å². The Morgan fingerprint density at radius 2 is 2.13 bits per heavy atom. The summed E-state index contributed by atoms with van der Waals surface area (Å²) in [6.45, 7) is 0.440. The molecule has 0 unspecified atom stereocenters. The zero-order valence-electron chi connectivity index (χ0n) is 7.74. The van der Waals surface area contributed by atoms with Gasteiger partial charge in [0.05, 0.1) is 12.7 Å². The van der Waals surface area contributed by atoms with Crippen molar-refractivity contribution >= 4 is 5.97 Å². The number of carbonyl (C=O) groups is 1. The average molecular weight is 204 g/mol. The van der Waals surface area contributed by atoms with E-state index < -0.39 is 5.97 Å². The Morgan fingerprint density at radius 1 is 1.40 bits per heavy atom. The van der Waals surface area contributed by atoms with Crippen molar-refractivity contribution in [1.29, 1.82) is 0 Å². The van der Waals surface area contributed by atoms with E-state index in [9.17, 15) is 4.79 Å². The second-order valence-corrected chi connectivity index (χ2v) is 2.92. The van der Waals surface area contributed by atoms with Crippen LogP contribution < -0.4 is 0 Å². The van der Waals surface area contributed by atoms with Crippen LogP contribution in [0.2, 0.25) is 0 Å². The van der Waals surface area contributed by atoms with Crippen molar-refractivity contribution in [1.82, 2.24) is 20.0 Å². The quantitative estimate of drug-likeness (QED) is 0.783. The number of nitrogens with zero attached hydrogens (tertiary/aromatic N) is 4. The number of pyridine rings is 1. The molecular formula is C9H8N4O2. The lowest BCUT2D eigenvalue weighted by molar-refractivity contribution is 0.0689. The molecule has 0 aliphatic carbocycles. The fourth-order valence-electron chi connectivity index (χ4n) is 1.12. The zero-order chi connectivity index (χ0) is 10.7. The van der Waals surface area contributed by atoms with E-state index in [4.69, 9.17) is 5.11 Å². The lowest BCUT2D eigenvalue weighted by atomic mass is 10.3. The molecule has 0 aliphatic heterocycles. The first kappa shape index (κ1) is 9.32. The van der Waals surface area contributed by atoms with Gasteiger partial charge >= 0.3 is 5.97 Å². The number of aromatic nitrogens is 4. The van der Waals surface area contributed by atoms with Gasteiger partial charge in [-0.2, -0.15) is 9.90 Å². The van der Waals surface area contributed by atoms with Gasteiger partial charge in [-0.15, -0.1) is 5.10 Å². The Balaban J connectivity index is 2.15. The predicted molar refractivity (Wildman–Crippen MR) is 50.3 cm³/mol. The summed E-state index contributed by atoms with van der Waals surface area (Å²) in [5, 5.41) is 16.3. The number of rotatable bonds is 3. The Bertz CT molecular complexity index is 466. The minimum Gasteiger partial charge on any atom is -0.476 e. The molecule has 0 spiro atoms. The molecule has 2 heterocycles. The first-order chi connectivity index (χ1) is 7.25. The molecular weight excluding hydrogens is 196 g/mol. The number of aromatic carboxylic acids is 1. The summed E-state index contributed by atoms with van der Waals surface area (Å²) in [5.74, 6) is -1.07. The Morgan fingerprint density at radius 3 is 2.73 bits per heavy atom. The van der Waals surface area contributed by atoms with Gasteiger partial charge in [0.2, 0.25) is 0 Å². The SMILES string of the molecule is O=C(O)c1cnn(Cc2ccncc2)n1. The molecule has 6 heteroatoms. The van der Waals surface area contributed by atoms with E-state index in [1.54, 1.807) is 12.4 Å². The fraction of sp³-hybridized carbons (Fsp3) is 0.111. The summed E-state index contributed by atoms with van der Waals surface area (Å²) in [6, 6.07) is 3.65. The van der Waals surface area contributed by atoms with Gasteiger partial charge in [-0.05, 0) is 17.7 Å². The lowest BCUT2D eigenvalue weighted by Gasteiger charge is -1.98. The highest BCUT2D eigenvalue weighted by molar-refractivity contribution is 5.84. The minimum absolute atomic E-state index is 0.0518. The molecule has 6 nitrogen and oxygen atoms in total. The topological polar surface area (TPSA) is 80.9 Å². The summed E-state index contributed by atoms with van der Waals surface area (Å²) < 4.78 is 0. The normalized spacial score (nSPS) is 10.1. The summed E-state index contributed by atoms with van der Waals surface area (Å²) in [6.07, 6.45) is 4.55. The third kappa shape index (κ3) is 2.16. The van der Waals surface area contributed by atoms with Crippen LogP contribution in [0.1, 0.15) is 16.1 Å². The predicted octanol–water partition coefficient (Wildman–Crippen LogP) is 0.420. The van der Waals surface area contributed by atoms with Gasteiger partial charge in [-0.1, -0.05) is 0 Å². The molecule has 0 aliphatic rings. The van der Waals surface area contributed by atoms with Crippen molar-refractivity contribution in [3.05, 3.63) is 42.0 Å². The van der Waals surface area contributed by atoms with Crippen LogP contribution in [0.15, 0.2) is 30.7 Å². The van der Waals surface area contributed by atoms with E-state index in [1.807, 2.05) is 12.1 Å². The Labute approximate surface area is 85.2 Å². The highest BCUT2D eigenvalue weighted by atomic mass is 16.4. The molecule has 1 N–H and O–H groups in total. The van der Waals surface area contributed by atoms with Crippen molar-refractivity contribution in [2.24, 2.45) is 0 Å². The highest BCUT2D eigenvalue weighted by Crippen LogP contribution is 1.99.